The van der Waals surface area contributed by atoms with Gasteiger partial charge in [-0.15, -0.1) is 0 Å². The average molecular weight is 592 g/mol. The van der Waals surface area contributed by atoms with Gasteiger partial charge in [0.15, 0.2) is 0 Å². The number of unbranched alkanes of at least 4 members (excludes halogenated alkanes) is 1. The van der Waals surface area contributed by atoms with Gasteiger partial charge in [-0.2, -0.15) is 5.26 Å². The molecule has 0 spiro atoms. The number of para-hydroxylation sites is 1. The predicted octanol–water partition coefficient (Wildman–Crippen LogP) is 5.29. The van der Waals surface area contributed by atoms with Crippen LogP contribution in [-0.2, 0) is 17.9 Å². The predicted molar refractivity (Wildman–Crippen MR) is 163 cm³/mol. The normalized spacial score (nSPS) is 16.6. The lowest BCUT2D eigenvalue weighted by Crippen LogP contribution is -2.49. The van der Waals surface area contributed by atoms with Crippen molar-refractivity contribution in [3.63, 3.8) is 0 Å². The molecule has 3 aromatic rings. The summed E-state index contributed by atoms with van der Waals surface area (Å²) in [5, 5.41) is 9.95. The Bertz CT molecular complexity index is 1600. The summed E-state index contributed by atoms with van der Waals surface area (Å²) in [5.41, 5.74) is 1.44. The van der Waals surface area contributed by atoms with E-state index in [0.29, 0.717) is 70.3 Å². The molecular formula is C30H30FN5O3S2. The molecule has 0 saturated carbocycles. The van der Waals surface area contributed by atoms with E-state index in [9.17, 15) is 19.2 Å². The Labute approximate surface area is 247 Å². The summed E-state index contributed by atoms with van der Waals surface area (Å²) < 4.78 is 22.0. The first-order chi connectivity index (χ1) is 19.8. The molecule has 2 fully saturated rings. The molecule has 8 nitrogen and oxygen atoms in total. The topological polar surface area (TPSA) is 85.7 Å². The highest BCUT2D eigenvalue weighted by molar-refractivity contribution is 8.26. The van der Waals surface area contributed by atoms with Crippen LogP contribution in [0.15, 0.2) is 56.8 Å². The maximum Gasteiger partial charge on any atom is 0.270 e. The largest absolute Gasteiger partial charge is 0.467 e. The van der Waals surface area contributed by atoms with Gasteiger partial charge in [0.2, 0.25) is 0 Å². The van der Waals surface area contributed by atoms with E-state index in [1.807, 2.05) is 17.9 Å². The van der Waals surface area contributed by atoms with Gasteiger partial charge < -0.3 is 14.2 Å². The van der Waals surface area contributed by atoms with Gasteiger partial charge in [0.25, 0.3) is 11.5 Å². The number of nitrogens with zero attached hydrogens (tertiary/aromatic N) is 5. The van der Waals surface area contributed by atoms with Crippen molar-refractivity contribution in [2.24, 2.45) is 0 Å². The van der Waals surface area contributed by atoms with E-state index < -0.39 is 0 Å². The molecular weight excluding hydrogens is 561 g/mol. The zero-order chi connectivity index (χ0) is 29.1. The number of aromatic nitrogens is 1. The molecule has 2 aliphatic rings. The van der Waals surface area contributed by atoms with Crippen LogP contribution >= 0.6 is 24.0 Å². The molecule has 0 atom stereocenters. The fourth-order valence-corrected chi connectivity index (χ4v) is 6.44. The molecule has 2 saturated heterocycles. The Morgan fingerprint density at radius 1 is 1.12 bits per heavy atom. The number of pyridine rings is 1. The molecule has 0 unspecified atom stereocenters. The van der Waals surface area contributed by atoms with Crippen molar-refractivity contribution in [3.8, 4) is 6.07 Å². The number of benzene rings is 1. The number of hydrogen-bond acceptors (Lipinski definition) is 8. The first kappa shape index (κ1) is 28.6. The molecule has 5 rings (SSSR count). The second-order valence-corrected chi connectivity index (χ2v) is 11.6. The Morgan fingerprint density at radius 2 is 1.85 bits per heavy atom. The van der Waals surface area contributed by atoms with Crippen LogP contribution in [0.3, 0.4) is 0 Å². The molecule has 2 aromatic heterocycles. The van der Waals surface area contributed by atoms with E-state index in [-0.39, 0.29) is 29.4 Å². The van der Waals surface area contributed by atoms with Crippen molar-refractivity contribution in [2.75, 3.05) is 36.0 Å². The summed E-state index contributed by atoms with van der Waals surface area (Å²) >= 11 is 6.72. The third-order valence-corrected chi connectivity index (χ3v) is 8.77. The minimum Gasteiger partial charge on any atom is -0.467 e. The van der Waals surface area contributed by atoms with Gasteiger partial charge in [-0.3, -0.25) is 19.1 Å². The quantitative estimate of drug-likeness (QED) is 0.258. The van der Waals surface area contributed by atoms with Crippen LogP contribution in [0.1, 0.15) is 42.2 Å². The molecule has 1 aromatic carbocycles. The third kappa shape index (κ3) is 5.67. The van der Waals surface area contributed by atoms with Crippen LogP contribution in [0.4, 0.5) is 15.9 Å². The lowest BCUT2D eigenvalue weighted by molar-refractivity contribution is -0.122. The molecule has 41 heavy (non-hydrogen) atoms. The van der Waals surface area contributed by atoms with Crippen LogP contribution in [0.5, 0.6) is 0 Å². The van der Waals surface area contributed by atoms with E-state index >= 15 is 0 Å². The molecule has 2 aliphatic heterocycles. The van der Waals surface area contributed by atoms with Crippen LogP contribution in [0, 0.1) is 24.1 Å². The summed E-state index contributed by atoms with van der Waals surface area (Å²) in [5.74, 6) is 0.764. The molecule has 0 aliphatic carbocycles. The molecule has 4 heterocycles. The first-order valence-corrected chi connectivity index (χ1v) is 14.8. The number of thioether (sulfide) groups is 1. The highest BCUT2D eigenvalue weighted by Gasteiger charge is 2.34. The highest BCUT2D eigenvalue weighted by Crippen LogP contribution is 2.37. The highest BCUT2D eigenvalue weighted by atomic mass is 32.2. The minimum absolute atomic E-state index is 0.0622. The Morgan fingerprint density at radius 3 is 2.51 bits per heavy atom. The molecule has 212 valence electrons. The van der Waals surface area contributed by atoms with Crippen molar-refractivity contribution < 1.29 is 13.6 Å². The monoisotopic (exact) mass is 591 g/mol. The zero-order valence-electron chi connectivity index (χ0n) is 22.9. The maximum absolute atomic E-state index is 14.5. The second kappa shape index (κ2) is 12.3. The fraction of sp³-hybridized carbons (Fsp3) is 0.333. The van der Waals surface area contributed by atoms with E-state index in [2.05, 4.69) is 11.0 Å². The number of rotatable bonds is 8. The van der Waals surface area contributed by atoms with Crippen molar-refractivity contribution in [2.45, 2.75) is 39.8 Å². The smallest absolute Gasteiger partial charge is 0.270 e. The molecule has 1 amide bonds. The summed E-state index contributed by atoms with van der Waals surface area (Å²) in [4.78, 5) is 33.1. The van der Waals surface area contributed by atoms with Crippen LogP contribution in [0.2, 0.25) is 0 Å². The lowest BCUT2D eigenvalue weighted by atomic mass is 10.0. The number of carbonyl (C=O) groups excluding carboxylic acids is 1. The summed E-state index contributed by atoms with van der Waals surface area (Å²) in [6, 6.07) is 12.3. The van der Waals surface area contributed by atoms with Gasteiger partial charge in [-0.1, -0.05) is 49.5 Å². The number of furan rings is 1. The van der Waals surface area contributed by atoms with E-state index in [1.54, 1.807) is 48.1 Å². The Hall–Kier alpha value is -3.88. The number of hydrogen-bond donors (Lipinski definition) is 0. The van der Waals surface area contributed by atoms with Gasteiger partial charge in [0.1, 0.15) is 33.3 Å². The van der Waals surface area contributed by atoms with E-state index in [0.717, 1.165) is 12.8 Å². The van der Waals surface area contributed by atoms with E-state index in [4.69, 9.17) is 16.6 Å². The van der Waals surface area contributed by atoms with Crippen molar-refractivity contribution in [3.05, 3.63) is 86.2 Å². The number of carbonyl (C=O) groups is 1. The second-order valence-electron chi connectivity index (χ2n) is 9.93. The third-order valence-electron chi connectivity index (χ3n) is 7.40. The van der Waals surface area contributed by atoms with Gasteiger partial charge in [0, 0.05) is 38.3 Å². The lowest BCUT2D eigenvalue weighted by Gasteiger charge is -2.39. The van der Waals surface area contributed by atoms with Gasteiger partial charge in [-0.05, 0) is 49.2 Å². The SMILES string of the molecule is CCCCn1c(N2CCN(c3ccccc3F)CC2)c(/C=C2\SC(=S)N(Cc3ccco3)C2=O)c(C)c(C#N)c1=O. The Kier molecular flexibility index (Phi) is 8.61. The first-order valence-electron chi connectivity index (χ1n) is 13.5. The fourth-order valence-electron chi connectivity index (χ4n) is 5.20. The summed E-state index contributed by atoms with van der Waals surface area (Å²) in [6.45, 7) is 6.61. The molecule has 0 N–H and O–H groups in total. The maximum atomic E-state index is 14.5. The number of anilines is 2. The number of piperazine rings is 1. The van der Waals surface area contributed by atoms with Gasteiger partial charge in [-0.25, -0.2) is 4.39 Å². The standard InChI is InChI=1S/C30H30FN5O3S2/c1-3-4-11-35-27(34-14-12-33(13-15-34)25-10-6-5-9-24(25)31)22(20(2)23(18-32)28(35)37)17-26-29(38)36(30(40)41-26)19-21-8-7-16-39-21/h5-10,16-17H,3-4,11-15,19H2,1-2H3/b26-17-. The Balaban J connectivity index is 1.56. The van der Waals surface area contributed by atoms with E-state index in [1.165, 1.54) is 22.7 Å². The molecule has 11 heteroatoms. The van der Waals surface area contributed by atoms with Crippen molar-refractivity contribution >= 4 is 51.8 Å². The molecule has 0 bridgehead atoms. The minimum atomic E-state index is -0.340. The van der Waals surface area contributed by atoms with Crippen LogP contribution in [0.25, 0.3) is 6.08 Å². The zero-order valence-corrected chi connectivity index (χ0v) is 24.6. The average Bonchev–Trinajstić information content (AvgIpc) is 3.58. The number of nitriles is 1. The number of halogens is 1. The van der Waals surface area contributed by atoms with Gasteiger partial charge in [0.05, 0.1) is 23.4 Å². The van der Waals surface area contributed by atoms with Crippen LogP contribution in [-0.4, -0.2) is 45.9 Å². The summed E-state index contributed by atoms with van der Waals surface area (Å²) in [6.07, 6.45) is 4.93. The van der Waals surface area contributed by atoms with Crippen molar-refractivity contribution in [1.82, 2.24) is 9.47 Å². The molecule has 0 radical (unpaired) electrons. The van der Waals surface area contributed by atoms with Crippen molar-refractivity contribution in [1.29, 1.82) is 5.26 Å². The number of thiocarbonyl (C=S) groups is 1. The van der Waals surface area contributed by atoms with Crippen LogP contribution < -0.4 is 15.4 Å². The number of amides is 1. The summed E-state index contributed by atoms with van der Waals surface area (Å²) in [7, 11) is 0. The van der Waals surface area contributed by atoms with Gasteiger partial charge >= 0.3 is 0 Å².